The first-order valence-corrected chi connectivity index (χ1v) is 8.76. The predicted octanol–water partition coefficient (Wildman–Crippen LogP) is 5.54. The van der Waals surface area contributed by atoms with Crippen LogP contribution in [0.25, 0.3) is 0 Å². The lowest BCUT2D eigenvalue weighted by atomic mass is 10.1. The van der Waals surface area contributed by atoms with Crippen molar-refractivity contribution < 1.29 is 14.3 Å². The maximum atomic E-state index is 12.0. The Hall–Kier alpha value is -2.18. The molecule has 0 saturated carbocycles. The van der Waals surface area contributed by atoms with Crippen LogP contribution in [-0.4, -0.2) is 22.2 Å². The van der Waals surface area contributed by atoms with Crippen molar-refractivity contribution >= 4 is 58.7 Å². The number of ketones is 1. The molecule has 0 spiro atoms. The fourth-order valence-electron chi connectivity index (χ4n) is 1.92. The molecule has 0 fully saturated rings. The third kappa shape index (κ3) is 6.81. The SMILES string of the molecule is O=C(c1ccccc1)c1cc(Cl)nc(Cl)c1.O=COc1cc(Cl)nc(Cl)c1. The molecule has 0 amide bonds. The fourth-order valence-corrected chi connectivity index (χ4v) is 2.82. The molecule has 9 heteroatoms. The lowest BCUT2D eigenvalue weighted by Crippen LogP contribution is -2.01. The van der Waals surface area contributed by atoms with Gasteiger partial charge in [-0.3, -0.25) is 9.59 Å². The number of pyridine rings is 2. The van der Waals surface area contributed by atoms with Crippen LogP contribution in [0.1, 0.15) is 15.9 Å². The molecule has 5 nitrogen and oxygen atoms in total. The maximum absolute atomic E-state index is 12.0. The van der Waals surface area contributed by atoms with E-state index in [0.29, 0.717) is 17.6 Å². The molecule has 0 aliphatic carbocycles. The molecule has 138 valence electrons. The van der Waals surface area contributed by atoms with Crippen LogP contribution >= 0.6 is 46.4 Å². The lowest BCUT2D eigenvalue weighted by Gasteiger charge is -2.01. The van der Waals surface area contributed by atoms with Crippen molar-refractivity contribution in [2.24, 2.45) is 0 Å². The Labute approximate surface area is 174 Å². The van der Waals surface area contributed by atoms with Crippen LogP contribution in [0.15, 0.2) is 54.6 Å². The van der Waals surface area contributed by atoms with E-state index in [9.17, 15) is 9.59 Å². The number of benzene rings is 1. The molecule has 0 atom stereocenters. The summed E-state index contributed by atoms with van der Waals surface area (Å²) in [6, 6.07) is 14.7. The normalized spacial score (nSPS) is 9.78. The van der Waals surface area contributed by atoms with E-state index in [0.717, 1.165) is 0 Å². The standard InChI is InChI=1S/C12H7Cl2NO.C6H3Cl2NO2/c13-10-6-9(7-11(14)15-10)12(16)8-4-2-1-3-5-8;7-5-1-4(11-3-10)2-6(8)9-5/h1-7H;1-3H. The smallest absolute Gasteiger partial charge is 0.298 e. The van der Waals surface area contributed by atoms with Gasteiger partial charge in [0.05, 0.1) is 0 Å². The minimum Gasteiger partial charge on any atom is -0.429 e. The highest BCUT2D eigenvalue weighted by atomic mass is 35.5. The van der Waals surface area contributed by atoms with E-state index in [2.05, 4.69) is 14.7 Å². The summed E-state index contributed by atoms with van der Waals surface area (Å²) in [7, 11) is 0. The third-order valence-electron chi connectivity index (χ3n) is 2.98. The summed E-state index contributed by atoms with van der Waals surface area (Å²) < 4.78 is 4.48. The second-order valence-corrected chi connectivity index (χ2v) is 6.41. The molecule has 0 aliphatic rings. The highest BCUT2D eigenvalue weighted by Crippen LogP contribution is 2.20. The van der Waals surface area contributed by atoms with Crippen molar-refractivity contribution in [1.29, 1.82) is 0 Å². The topological polar surface area (TPSA) is 69.2 Å². The number of carbonyl (C=O) groups is 2. The van der Waals surface area contributed by atoms with Gasteiger partial charge >= 0.3 is 0 Å². The van der Waals surface area contributed by atoms with Gasteiger partial charge in [-0.15, -0.1) is 0 Å². The zero-order chi connectivity index (χ0) is 19.8. The molecule has 0 aliphatic heterocycles. The second-order valence-electron chi connectivity index (χ2n) is 4.86. The van der Waals surface area contributed by atoms with E-state index in [1.165, 1.54) is 24.3 Å². The predicted molar refractivity (Wildman–Crippen MR) is 105 cm³/mol. The van der Waals surface area contributed by atoms with Crippen molar-refractivity contribution in [2.45, 2.75) is 0 Å². The average Bonchev–Trinajstić information content (AvgIpc) is 2.61. The third-order valence-corrected chi connectivity index (χ3v) is 3.76. The summed E-state index contributed by atoms with van der Waals surface area (Å²) in [4.78, 5) is 29.3. The van der Waals surface area contributed by atoms with Crippen LogP contribution in [-0.2, 0) is 4.79 Å². The van der Waals surface area contributed by atoms with Crippen molar-refractivity contribution in [3.8, 4) is 5.75 Å². The summed E-state index contributed by atoms with van der Waals surface area (Å²) in [6.07, 6.45) is 0. The monoisotopic (exact) mass is 442 g/mol. The lowest BCUT2D eigenvalue weighted by molar-refractivity contribution is -0.120. The highest BCUT2D eigenvalue weighted by molar-refractivity contribution is 6.33. The van der Waals surface area contributed by atoms with Gasteiger partial charge in [0, 0.05) is 23.3 Å². The van der Waals surface area contributed by atoms with Gasteiger partial charge < -0.3 is 4.74 Å². The van der Waals surface area contributed by atoms with Gasteiger partial charge in [0.15, 0.2) is 5.78 Å². The summed E-state index contributed by atoms with van der Waals surface area (Å²) >= 11 is 22.5. The molecule has 3 rings (SSSR count). The molecule has 0 N–H and O–H groups in total. The molecule has 0 radical (unpaired) electrons. The molecular weight excluding hydrogens is 434 g/mol. The van der Waals surface area contributed by atoms with Crippen LogP contribution in [0.3, 0.4) is 0 Å². The Morgan fingerprint density at radius 3 is 1.74 bits per heavy atom. The van der Waals surface area contributed by atoms with Crippen LogP contribution in [0.2, 0.25) is 20.6 Å². The van der Waals surface area contributed by atoms with E-state index in [1.807, 2.05) is 6.07 Å². The van der Waals surface area contributed by atoms with Crippen LogP contribution in [0, 0.1) is 0 Å². The average molecular weight is 444 g/mol. The van der Waals surface area contributed by atoms with Crippen molar-refractivity contribution in [1.82, 2.24) is 9.97 Å². The molecule has 0 bridgehead atoms. The molecule has 2 aromatic heterocycles. The Morgan fingerprint density at radius 2 is 1.26 bits per heavy atom. The maximum Gasteiger partial charge on any atom is 0.298 e. The summed E-state index contributed by atoms with van der Waals surface area (Å²) in [5.41, 5.74) is 1.04. The van der Waals surface area contributed by atoms with Gasteiger partial charge in [-0.05, 0) is 12.1 Å². The van der Waals surface area contributed by atoms with Gasteiger partial charge in [-0.1, -0.05) is 76.7 Å². The van der Waals surface area contributed by atoms with E-state index >= 15 is 0 Å². The van der Waals surface area contributed by atoms with Crippen LogP contribution in [0.4, 0.5) is 0 Å². The number of nitrogens with zero attached hydrogens (tertiary/aromatic N) is 2. The quantitative estimate of drug-likeness (QED) is 0.300. The number of halogens is 4. The largest absolute Gasteiger partial charge is 0.429 e. The van der Waals surface area contributed by atoms with Gasteiger partial charge in [0.25, 0.3) is 6.47 Å². The van der Waals surface area contributed by atoms with Crippen molar-refractivity contribution in [3.05, 3.63) is 86.3 Å². The first-order valence-electron chi connectivity index (χ1n) is 7.25. The van der Waals surface area contributed by atoms with Crippen molar-refractivity contribution in [3.63, 3.8) is 0 Å². The molecule has 0 unspecified atom stereocenters. The Kier molecular flexibility index (Phi) is 8.00. The minimum absolute atomic E-state index is 0.119. The van der Waals surface area contributed by atoms with Crippen LogP contribution in [0.5, 0.6) is 5.75 Å². The molecule has 0 saturated heterocycles. The van der Waals surface area contributed by atoms with Crippen LogP contribution < -0.4 is 4.74 Å². The minimum atomic E-state index is -0.119. The van der Waals surface area contributed by atoms with Gasteiger partial charge in [0.1, 0.15) is 26.4 Å². The van der Waals surface area contributed by atoms with E-state index in [-0.39, 0.29) is 32.1 Å². The number of ether oxygens (including phenoxy) is 1. The van der Waals surface area contributed by atoms with Gasteiger partial charge in [-0.2, -0.15) is 0 Å². The number of carbonyl (C=O) groups excluding carboxylic acids is 2. The molecule has 27 heavy (non-hydrogen) atoms. The zero-order valence-electron chi connectivity index (χ0n) is 13.4. The van der Waals surface area contributed by atoms with Gasteiger partial charge in [0.2, 0.25) is 0 Å². The molecule has 3 aromatic rings. The van der Waals surface area contributed by atoms with E-state index in [1.54, 1.807) is 24.3 Å². The number of rotatable bonds is 4. The summed E-state index contributed by atoms with van der Waals surface area (Å²) in [6.45, 7) is 0.294. The van der Waals surface area contributed by atoms with Gasteiger partial charge in [-0.25, -0.2) is 9.97 Å². The number of hydrogen-bond acceptors (Lipinski definition) is 5. The highest BCUT2D eigenvalue weighted by Gasteiger charge is 2.10. The number of aromatic nitrogens is 2. The Bertz CT molecular complexity index is 912. The second kappa shape index (κ2) is 10.2. The fraction of sp³-hybridized carbons (Fsp3) is 0. The molecular formula is C18H10Cl4N2O3. The first kappa shape index (κ1) is 21.1. The first-order chi connectivity index (χ1) is 12.9. The Balaban J connectivity index is 0.000000208. The van der Waals surface area contributed by atoms with Crippen molar-refractivity contribution in [2.75, 3.05) is 0 Å². The Morgan fingerprint density at radius 1 is 0.778 bits per heavy atom. The summed E-state index contributed by atoms with van der Waals surface area (Å²) in [5, 5.41) is 0.808. The molecule has 1 aromatic carbocycles. The molecule has 2 heterocycles. The van der Waals surface area contributed by atoms with E-state index < -0.39 is 0 Å². The summed E-state index contributed by atoms with van der Waals surface area (Å²) in [5.74, 6) is 0.164. The number of hydrogen-bond donors (Lipinski definition) is 0. The van der Waals surface area contributed by atoms with E-state index in [4.69, 9.17) is 46.4 Å². The zero-order valence-corrected chi connectivity index (χ0v) is 16.4.